The van der Waals surface area contributed by atoms with Crippen LogP contribution in [0.2, 0.25) is 0 Å². The zero-order valence-corrected chi connectivity index (χ0v) is 15.3. The van der Waals surface area contributed by atoms with Gasteiger partial charge < -0.3 is 9.88 Å². The number of halogens is 1. The zero-order valence-electron chi connectivity index (χ0n) is 15.3. The quantitative estimate of drug-likeness (QED) is 0.706. The maximum absolute atomic E-state index is 14.1. The van der Waals surface area contributed by atoms with Crippen molar-refractivity contribution in [1.29, 1.82) is 0 Å². The first-order chi connectivity index (χ1) is 12.5. The molecule has 0 radical (unpaired) electrons. The topological polar surface area (TPSA) is 34.0 Å². The molecule has 0 aliphatic rings. The first-order valence-corrected chi connectivity index (χ1v) is 8.73. The van der Waals surface area contributed by atoms with Crippen LogP contribution in [0.5, 0.6) is 0 Å². The lowest BCUT2D eigenvalue weighted by Gasteiger charge is -2.17. The molecule has 0 fully saturated rings. The van der Waals surface area contributed by atoms with Crippen LogP contribution in [-0.4, -0.2) is 10.5 Å². The third-order valence-corrected chi connectivity index (χ3v) is 4.64. The molecule has 2 aromatic carbocycles. The van der Waals surface area contributed by atoms with E-state index in [0.717, 1.165) is 16.8 Å². The molecule has 1 heterocycles. The molecule has 26 heavy (non-hydrogen) atoms. The fourth-order valence-corrected chi connectivity index (χ4v) is 3.24. The van der Waals surface area contributed by atoms with Crippen molar-refractivity contribution in [3.63, 3.8) is 0 Å². The van der Waals surface area contributed by atoms with E-state index in [1.165, 1.54) is 6.07 Å². The number of hydrogen-bond donors (Lipinski definition) is 1. The minimum absolute atomic E-state index is 0.111. The third kappa shape index (κ3) is 3.69. The van der Waals surface area contributed by atoms with Crippen molar-refractivity contribution in [1.82, 2.24) is 9.88 Å². The van der Waals surface area contributed by atoms with Crippen LogP contribution in [0.4, 0.5) is 4.39 Å². The second kappa shape index (κ2) is 7.56. The number of hydrogen-bond acceptors (Lipinski definition) is 1. The van der Waals surface area contributed by atoms with E-state index in [1.54, 1.807) is 18.2 Å². The van der Waals surface area contributed by atoms with Crippen molar-refractivity contribution in [2.45, 2.75) is 33.4 Å². The molecule has 0 saturated heterocycles. The van der Waals surface area contributed by atoms with Crippen molar-refractivity contribution in [2.24, 2.45) is 0 Å². The molecule has 4 heteroatoms. The Bertz CT molecular complexity index is 915. The van der Waals surface area contributed by atoms with E-state index in [2.05, 4.69) is 5.32 Å². The number of benzene rings is 2. The maximum atomic E-state index is 14.1. The highest BCUT2D eigenvalue weighted by atomic mass is 19.1. The number of carbonyl (C=O) groups excluding carboxylic acids is 1. The Morgan fingerprint density at radius 3 is 2.42 bits per heavy atom. The van der Waals surface area contributed by atoms with Crippen LogP contribution in [0.1, 0.15) is 45.8 Å². The van der Waals surface area contributed by atoms with E-state index in [0.29, 0.717) is 17.8 Å². The van der Waals surface area contributed by atoms with Crippen LogP contribution in [0.15, 0.2) is 60.7 Å². The average Bonchev–Trinajstić information content (AvgIpc) is 2.91. The standard InChI is InChI=1S/C22H23FN2O/c1-15-13-16(2)25(14-19-11-7-8-12-20(19)23)21(15)22(26)24-17(3)18-9-5-4-6-10-18/h4-13,17H,14H2,1-3H3,(H,24,26). The molecule has 3 nitrogen and oxygen atoms in total. The number of aryl methyl sites for hydroxylation is 2. The summed E-state index contributed by atoms with van der Waals surface area (Å²) in [6.07, 6.45) is 0. The second-order valence-corrected chi connectivity index (χ2v) is 6.60. The van der Waals surface area contributed by atoms with Gasteiger partial charge in [0.1, 0.15) is 11.5 Å². The molecular formula is C22H23FN2O. The molecule has 0 aliphatic heterocycles. The SMILES string of the molecule is Cc1cc(C)n(Cc2ccccc2F)c1C(=O)NC(C)c1ccccc1. The van der Waals surface area contributed by atoms with Gasteiger partial charge in [0.25, 0.3) is 5.91 Å². The molecule has 0 saturated carbocycles. The van der Waals surface area contributed by atoms with Gasteiger partial charge in [-0.15, -0.1) is 0 Å². The van der Waals surface area contributed by atoms with Gasteiger partial charge in [-0.3, -0.25) is 4.79 Å². The summed E-state index contributed by atoms with van der Waals surface area (Å²) in [5.41, 5.74) is 4.01. The predicted octanol–water partition coefficient (Wildman–Crippen LogP) is 4.78. The molecule has 3 aromatic rings. The van der Waals surface area contributed by atoms with Crippen molar-refractivity contribution in [2.75, 3.05) is 0 Å². The monoisotopic (exact) mass is 350 g/mol. The van der Waals surface area contributed by atoms with Crippen molar-refractivity contribution in [3.8, 4) is 0 Å². The van der Waals surface area contributed by atoms with Crippen LogP contribution in [0, 0.1) is 19.7 Å². The molecule has 1 atom stereocenters. The molecular weight excluding hydrogens is 327 g/mol. The van der Waals surface area contributed by atoms with Gasteiger partial charge in [-0.25, -0.2) is 4.39 Å². The van der Waals surface area contributed by atoms with Gasteiger partial charge in [-0.1, -0.05) is 48.5 Å². The summed E-state index contributed by atoms with van der Waals surface area (Å²) in [6, 6.07) is 18.3. The number of carbonyl (C=O) groups is 1. The van der Waals surface area contributed by atoms with Crippen molar-refractivity contribution in [3.05, 3.63) is 94.6 Å². The molecule has 1 amide bonds. The molecule has 1 unspecified atom stereocenters. The molecule has 134 valence electrons. The van der Waals surface area contributed by atoms with E-state index < -0.39 is 0 Å². The maximum Gasteiger partial charge on any atom is 0.268 e. The molecule has 0 spiro atoms. The minimum atomic E-state index is -0.262. The number of amides is 1. The van der Waals surface area contributed by atoms with Gasteiger partial charge in [0.05, 0.1) is 12.6 Å². The molecule has 1 N–H and O–H groups in total. The van der Waals surface area contributed by atoms with Crippen LogP contribution in [0.25, 0.3) is 0 Å². The summed E-state index contributed by atoms with van der Waals surface area (Å²) in [4.78, 5) is 12.9. The fourth-order valence-electron chi connectivity index (χ4n) is 3.24. The second-order valence-electron chi connectivity index (χ2n) is 6.60. The summed E-state index contributed by atoms with van der Waals surface area (Å²) in [5.74, 6) is -0.412. The highest BCUT2D eigenvalue weighted by molar-refractivity contribution is 5.94. The minimum Gasteiger partial charge on any atom is -0.344 e. The van der Waals surface area contributed by atoms with Crippen LogP contribution in [0.3, 0.4) is 0 Å². The largest absolute Gasteiger partial charge is 0.344 e. The van der Waals surface area contributed by atoms with E-state index in [4.69, 9.17) is 0 Å². The number of aromatic nitrogens is 1. The fraction of sp³-hybridized carbons (Fsp3) is 0.227. The lowest BCUT2D eigenvalue weighted by Crippen LogP contribution is -2.29. The lowest BCUT2D eigenvalue weighted by molar-refractivity contribution is 0.0930. The van der Waals surface area contributed by atoms with Gasteiger partial charge in [-0.2, -0.15) is 0 Å². The highest BCUT2D eigenvalue weighted by Gasteiger charge is 2.20. The third-order valence-electron chi connectivity index (χ3n) is 4.64. The molecule has 1 aromatic heterocycles. The molecule has 3 rings (SSSR count). The van der Waals surface area contributed by atoms with E-state index >= 15 is 0 Å². The predicted molar refractivity (Wildman–Crippen MR) is 102 cm³/mol. The Hall–Kier alpha value is -2.88. The Kier molecular flexibility index (Phi) is 5.21. The summed E-state index contributed by atoms with van der Waals surface area (Å²) >= 11 is 0. The lowest BCUT2D eigenvalue weighted by atomic mass is 10.1. The summed E-state index contributed by atoms with van der Waals surface area (Å²) in [5, 5.41) is 3.05. The molecule has 0 bridgehead atoms. The normalized spacial score (nSPS) is 12.0. The van der Waals surface area contributed by atoms with Gasteiger partial charge in [0.15, 0.2) is 0 Å². The van der Waals surface area contributed by atoms with Crippen LogP contribution >= 0.6 is 0 Å². The summed E-state index contributed by atoms with van der Waals surface area (Å²) < 4.78 is 15.9. The Morgan fingerprint density at radius 1 is 1.08 bits per heavy atom. The van der Waals surface area contributed by atoms with Gasteiger partial charge in [0.2, 0.25) is 0 Å². The van der Waals surface area contributed by atoms with Crippen LogP contribution < -0.4 is 5.32 Å². The first kappa shape index (κ1) is 17.9. The summed E-state index contributed by atoms with van der Waals surface area (Å²) in [6.45, 7) is 6.13. The summed E-state index contributed by atoms with van der Waals surface area (Å²) in [7, 11) is 0. The van der Waals surface area contributed by atoms with E-state index in [-0.39, 0.29) is 17.8 Å². The van der Waals surface area contributed by atoms with Crippen LogP contribution in [-0.2, 0) is 6.54 Å². The smallest absolute Gasteiger partial charge is 0.268 e. The Balaban J connectivity index is 1.88. The molecule has 0 aliphatic carbocycles. The first-order valence-electron chi connectivity index (χ1n) is 8.73. The highest BCUT2D eigenvalue weighted by Crippen LogP contribution is 2.20. The van der Waals surface area contributed by atoms with Crippen molar-refractivity contribution >= 4 is 5.91 Å². The van der Waals surface area contributed by atoms with Gasteiger partial charge >= 0.3 is 0 Å². The average molecular weight is 350 g/mol. The van der Waals surface area contributed by atoms with E-state index in [1.807, 2.05) is 61.7 Å². The van der Waals surface area contributed by atoms with Crippen molar-refractivity contribution < 1.29 is 9.18 Å². The van der Waals surface area contributed by atoms with E-state index in [9.17, 15) is 9.18 Å². The number of nitrogens with zero attached hydrogens (tertiary/aromatic N) is 1. The Morgan fingerprint density at radius 2 is 1.73 bits per heavy atom. The van der Waals surface area contributed by atoms with Gasteiger partial charge in [-0.05, 0) is 44.0 Å². The zero-order chi connectivity index (χ0) is 18.7. The number of rotatable bonds is 5. The number of nitrogens with one attached hydrogen (secondary N) is 1. The van der Waals surface area contributed by atoms with Gasteiger partial charge in [0, 0.05) is 11.3 Å². The Labute approximate surface area is 153 Å².